The van der Waals surface area contributed by atoms with Crippen molar-refractivity contribution in [2.45, 2.75) is 38.2 Å². The predicted molar refractivity (Wildman–Crippen MR) is 72.9 cm³/mol. The smallest absolute Gasteiger partial charge is 0.325 e. The lowest BCUT2D eigenvalue weighted by atomic mass is 9.98. The lowest BCUT2D eigenvalue weighted by molar-refractivity contribution is -0.148. The van der Waals surface area contributed by atoms with Crippen LogP contribution in [0.4, 0.5) is 5.69 Å². The summed E-state index contributed by atoms with van der Waals surface area (Å²) in [6, 6.07) is 7.30. The zero-order chi connectivity index (χ0) is 12.8. The van der Waals surface area contributed by atoms with Gasteiger partial charge in [0.2, 0.25) is 0 Å². The zero-order valence-corrected chi connectivity index (χ0v) is 11.1. The Balaban J connectivity index is 1.74. The molecule has 2 rings (SSSR count). The minimum atomic E-state index is -0.193. The third-order valence-electron chi connectivity index (χ3n) is 3.11. The van der Waals surface area contributed by atoms with Crippen molar-refractivity contribution >= 4 is 23.3 Å². The molecule has 0 bridgehead atoms. The molecule has 0 unspecified atom stereocenters. The summed E-state index contributed by atoms with van der Waals surface area (Å²) in [4.78, 5) is 11.7. The second kappa shape index (κ2) is 6.64. The number of carbonyl (C=O) groups is 1. The van der Waals surface area contributed by atoms with Gasteiger partial charge in [-0.2, -0.15) is 0 Å². The number of carbonyl (C=O) groups excluding carboxylic acids is 1. The molecule has 1 aliphatic carbocycles. The van der Waals surface area contributed by atoms with Crippen LogP contribution in [0.2, 0.25) is 5.02 Å². The topological polar surface area (TPSA) is 38.3 Å². The first kappa shape index (κ1) is 13.2. The van der Waals surface area contributed by atoms with Gasteiger partial charge in [0.05, 0.1) is 0 Å². The average molecular weight is 268 g/mol. The second-order valence-electron chi connectivity index (χ2n) is 4.61. The van der Waals surface area contributed by atoms with E-state index >= 15 is 0 Å². The highest BCUT2D eigenvalue weighted by molar-refractivity contribution is 6.30. The molecule has 1 aromatic rings. The molecule has 0 radical (unpaired) electrons. The van der Waals surface area contributed by atoms with Gasteiger partial charge in [-0.1, -0.05) is 24.1 Å². The molecule has 4 heteroatoms. The quantitative estimate of drug-likeness (QED) is 0.847. The van der Waals surface area contributed by atoms with E-state index in [9.17, 15) is 4.79 Å². The van der Waals surface area contributed by atoms with Crippen LogP contribution in [0, 0.1) is 0 Å². The SMILES string of the molecule is O=C(CNc1cccc(Cl)c1)OC1CCCCC1. The molecule has 18 heavy (non-hydrogen) atoms. The molecule has 1 aliphatic rings. The summed E-state index contributed by atoms with van der Waals surface area (Å²) in [7, 11) is 0. The Morgan fingerprint density at radius 1 is 1.33 bits per heavy atom. The summed E-state index contributed by atoms with van der Waals surface area (Å²) in [5, 5.41) is 3.67. The Morgan fingerprint density at radius 2 is 2.11 bits per heavy atom. The molecular weight excluding hydrogens is 250 g/mol. The molecule has 0 spiro atoms. The molecule has 0 aromatic heterocycles. The lowest BCUT2D eigenvalue weighted by Gasteiger charge is -2.21. The molecular formula is C14H18ClNO2. The Bertz CT molecular complexity index is 403. The van der Waals surface area contributed by atoms with Crippen LogP contribution in [-0.2, 0) is 9.53 Å². The highest BCUT2D eigenvalue weighted by atomic mass is 35.5. The minimum absolute atomic E-state index is 0.118. The zero-order valence-electron chi connectivity index (χ0n) is 10.3. The van der Waals surface area contributed by atoms with Gasteiger partial charge in [-0.15, -0.1) is 0 Å². The fourth-order valence-corrected chi connectivity index (χ4v) is 2.37. The van der Waals surface area contributed by atoms with Crippen LogP contribution < -0.4 is 5.32 Å². The molecule has 98 valence electrons. The third-order valence-corrected chi connectivity index (χ3v) is 3.35. The van der Waals surface area contributed by atoms with E-state index in [1.165, 1.54) is 19.3 Å². The van der Waals surface area contributed by atoms with Crippen molar-refractivity contribution in [1.29, 1.82) is 0 Å². The van der Waals surface area contributed by atoms with Crippen LogP contribution in [0.15, 0.2) is 24.3 Å². The monoisotopic (exact) mass is 267 g/mol. The van der Waals surface area contributed by atoms with E-state index in [-0.39, 0.29) is 18.6 Å². The lowest BCUT2D eigenvalue weighted by Crippen LogP contribution is -2.25. The molecule has 1 saturated carbocycles. The molecule has 0 heterocycles. The summed E-state index contributed by atoms with van der Waals surface area (Å²) >= 11 is 5.86. The normalized spacial score (nSPS) is 16.3. The average Bonchev–Trinajstić information content (AvgIpc) is 2.38. The van der Waals surface area contributed by atoms with E-state index in [2.05, 4.69) is 5.32 Å². The van der Waals surface area contributed by atoms with E-state index in [0.717, 1.165) is 18.5 Å². The fourth-order valence-electron chi connectivity index (χ4n) is 2.18. The van der Waals surface area contributed by atoms with Gasteiger partial charge in [0.15, 0.2) is 0 Å². The van der Waals surface area contributed by atoms with Crippen molar-refractivity contribution in [3.63, 3.8) is 0 Å². The summed E-state index contributed by atoms with van der Waals surface area (Å²) in [6.07, 6.45) is 5.72. The number of nitrogens with one attached hydrogen (secondary N) is 1. The number of ether oxygens (including phenoxy) is 1. The van der Waals surface area contributed by atoms with E-state index in [4.69, 9.17) is 16.3 Å². The van der Waals surface area contributed by atoms with Crippen molar-refractivity contribution in [3.05, 3.63) is 29.3 Å². The van der Waals surface area contributed by atoms with Gasteiger partial charge in [-0.25, -0.2) is 0 Å². The fraction of sp³-hybridized carbons (Fsp3) is 0.500. The number of hydrogen-bond donors (Lipinski definition) is 1. The van der Waals surface area contributed by atoms with Crippen molar-refractivity contribution in [2.75, 3.05) is 11.9 Å². The van der Waals surface area contributed by atoms with Crippen molar-refractivity contribution in [1.82, 2.24) is 0 Å². The third kappa shape index (κ3) is 4.22. The van der Waals surface area contributed by atoms with Crippen LogP contribution in [0.3, 0.4) is 0 Å². The van der Waals surface area contributed by atoms with Crippen LogP contribution in [0.5, 0.6) is 0 Å². The molecule has 0 aliphatic heterocycles. The maximum atomic E-state index is 11.7. The minimum Gasteiger partial charge on any atom is -0.461 e. The van der Waals surface area contributed by atoms with E-state index < -0.39 is 0 Å². The largest absolute Gasteiger partial charge is 0.461 e. The summed E-state index contributed by atoms with van der Waals surface area (Å²) in [6.45, 7) is 0.191. The highest BCUT2D eigenvalue weighted by Gasteiger charge is 2.17. The number of anilines is 1. The Kier molecular flexibility index (Phi) is 4.88. The van der Waals surface area contributed by atoms with E-state index in [1.807, 2.05) is 12.1 Å². The predicted octanol–water partition coefficient (Wildman–Crippen LogP) is 3.63. The molecule has 1 aromatic carbocycles. The van der Waals surface area contributed by atoms with Gasteiger partial charge >= 0.3 is 5.97 Å². The first-order valence-corrected chi connectivity index (χ1v) is 6.81. The van der Waals surface area contributed by atoms with Gasteiger partial charge in [0.25, 0.3) is 0 Å². The first-order chi connectivity index (χ1) is 8.74. The van der Waals surface area contributed by atoms with E-state index in [1.54, 1.807) is 12.1 Å². The Morgan fingerprint density at radius 3 is 2.83 bits per heavy atom. The van der Waals surface area contributed by atoms with E-state index in [0.29, 0.717) is 5.02 Å². The molecule has 0 atom stereocenters. The molecule has 1 N–H and O–H groups in total. The van der Waals surface area contributed by atoms with Crippen LogP contribution in [0.1, 0.15) is 32.1 Å². The molecule has 3 nitrogen and oxygen atoms in total. The summed E-state index contributed by atoms with van der Waals surface area (Å²) in [5.41, 5.74) is 0.836. The summed E-state index contributed by atoms with van der Waals surface area (Å²) < 4.78 is 5.41. The Hall–Kier alpha value is -1.22. The molecule has 0 amide bonds. The van der Waals surface area contributed by atoms with Gasteiger partial charge in [0, 0.05) is 10.7 Å². The van der Waals surface area contributed by atoms with Gasteiger partial charge < -0.3 is 10.1 Å². The molecule has 1 fully saturated rings. The van der Waals surface area contributed by atoms with Gasteiger partial charge in [-0.05, 0) is 43.9 Å². The first-order valence-electron chi connectivity index (χ1n) is 6.43. The van der Waals surface area contributed by atoms with Crippen LogP contribution in [-0.4, -0.2) is 18.6 Å². The number of esters is 1. The van der Waals surface area contributed by atoms with Gasteiger partial charge in [0.1, 0.15) is 12.6 Å². The second-order valence-corrected chi connectivity index (χ2v) is 5.05. The highest BCUT2D eigenvalue weighted by Crippen LogP contribution is 2.20. The van der Waals surface area contributed by atoms with Gasteiger partial charge in [-0.3, -0.25) is 4.79 Å². The standard InChI is InChI=1S/C14H18ClNO2/c15-11-5-4-6-12(9-11)16-10-14(17)18-13-7-2-1-3-8-13/h4-6,9,13,16H,1-3,7-8,10H2. The summed E-state index contributed by atoms with van der Waals surface area (Å²) in [5.74, 6) is -0.193. The van der Waals surface area contributed by atoms with Crippen molar-refractivity contribution < 1.29 is 9.53 Å². The number of rotatable bonds is 4. The number of benzene rings is 1. The maximum Gasteiger partial charge on any atom is 0.325 e. The number of halogens is 1. The molecule has 0 saturated heterocycles. The van der Waals surface area contributed by atoms with Crippen molar-refractivity contribution in [2.24, 2.45) is 0 Å². The number of hydrogen-bond acceptors (Lipinski definition) is 3. The Labute approximate surface area is 112 Å². The van der Waals surface area contributed by atoms with Crippen molar-refractivity contribution in [3.8, 4) is 0 Å². The van der Waals surface area contributed by atoms with Crippen LogP contribution >= 0.6 is 11.6 Å². The maximum absolute atomic E-state index is 11.7. The van der Waals surface area contributed by atoms with Crippen LogP contribution in [0.25, 0.3) is 0 Å².